The second kappa shape index (κ2) is 6.72. The van der Waals surface area contributed by atoms with E-state index in [1.807, 2.05) is 12.1 Å². The van der Waals surface area contributed by atoms with Crippen LogP contribution in [0.1, 0.15) is 34.9 Å². The first-order valence-electron chi connectivity index (χ1n) is 7.34. The molecule has 2 amide bonds. The maximum absolute atomic E-state index is 12.0. The fraction of sp³-hybridized carbons (Fsp3) is 0.375. The Kier molecular flexibility index (Phi) is 4.50. The van der Waals surface area contributed by atoms with Crippen LogP contribution in [0.4, 0.5) is 4.79 Å². The maximum Gasteiger partial charge on any atom is 0.315 e. The summed E-state index contributed by atoms with van der Waals surface area (Å²) < 4.78 is 4.05. The average Bonchev–Trinajstić information content (AvgIpc) is 3.01. The number of hydrogen-bond donors (Lipinski definition) is 2. The molecule has 0 aliphatic heterocycles. The minimum absolute atomic E-state index is 0.0822. The number of urea groups is 1. The molecule has 0 fully saturated rings. The number of benzene rings is 1. The van der Waals surface area contributed by atoms with Crippen molar-refractivity contribution in [3.8, 4) is 0 Å². The molecule has 2 aromatic rings. The first-order chi connectivity index (χ1) is 10.3. The summed E-state index contributed by atoms with van der Waals surface area (Å²) >= 11 is 1.48. The second-order valence-corrected chi connectivity index (χ2v) is 6.19. The Bertz CT molecular complexity index is 597. The summed E-state index contributed by atoms with van der Waals surface area (Å²) in [6, 6.07) is 10.4. The molecule has 21 heavy (non-hydrogen) atoms. The Hall–Kier alpha value is -1.88. The van der Waals surface area contributed by atoms with E-state index in [0.717, 1.165) is 25.7 Å². The van der Waals surface area contributed by atoms with Gasteiger partial charge >= 0.3 is 6.03 Å². The van der Waals surface area contributed by atoms with Crippen molar-refractivity contribution >= 4 is 17.6 Å². The zero-order valence-corrected chi connectivity index (χ0v) is 12.7. The summed E-state index contributed by atoms with van der Waals surface area (Å²) in [6.45, 7) is 0.641. The van der Waals surface area contributed by atoms with E-state index in [9.17, 15) is 4.79 Å². The Morgan fingerprint density at radius 2 is 2.24 bits per heavy atom. The number of nitrogens with zero attached hydrogens (tertiary/aromatic N) is 1. The molecule has 0 spiro atoms. The topological polar surface area (TPSA) is 54.0 Å². The third-order valence-corrected chi connectivity index (χ3v) is 4.62. The molecule has 1 aliphatic carbocycles. The average molecular weight is 301 g/mol. The van der Waals surface area contributed by atoms with E-state index in [2.05, 4.69) is 33.2 Å². The molecule has 110 valence electrons. The number of carbonyl (C=O) groups excluding carboxylic acids is 1. The van der Waals surface area contributed by atoms with Crippen LogP contribution in [0.2, 0.25) is 0 Å². The highest BCUT2D eigenvalue weighted by Crippen LogP contribution is 2.29. The Balaban J connectivity index is 1.51. The predicted octanol–water partition coefficient (Wildman–Crippen LogP) is 3.06. The zero-order valence-electron chi connectivity index (χ0n) is 11.8. The van der Waals surface area contributed by atoms with Crippen molar-refractivity contribution in [3.05, 3.63) is 52.5 Å². The van der Waals surface area contributed by atoms with Crippen LogP contribution in [0.25, 0.3) is 0 Å². The number of nitrogens with one attached hydrogen (secondary N) is 2. The van der Waals surface area contributed by atoms with Gasteiger partial charge in [0.15, 0.2) is 0 Å². The molecule has 3 rings (SSSR count). The Morgan fingerprint density at radius 3 is 3.10 bits per heavy atom. The first-order valence-corrected chi connectivity index (χ1v) is 8.12. The molecule has 1 heterocycles. The van der Waals surface area contributed by atoms with Gasteiger partial charge in [0.05, 0.1) is 6.04 Å². The largest absolute Gasteiger partial charge is 0.338 e. The lowest BCUT2D eigenvalue weighted by atomic mass is 9.88. The number of aromatic nitrogens is 1. The third kappa shape index (κ3) is 3.61. The molecule has 0 saturated carbocycles. The molecule has 5 heteroatoms. The highest BCUT2D eigenvalue weighted by Gasteiger charge is 2.20. The van der Waals surface area contributed by atoms with Crippen LogP contribution in [0.15, 0.2) is 36.5 Å². The fourth-order valence-corrected chi connectivity index (χ4v) is 3.36. The van der Waals surface area contributed by atoms with Gasteiger partial charge in [-0.05, 0) is 48.0 Å². The summed E-state index contributed by atoms with van der Waals surface area (Å²) in [5, 5.41) is 6.02. The molecular formula is C16H19N3OS. The third-order valence-electron chi connectivity index (χ3n) is 3.82. The Morgan fingerprint density at radius 1 is 1.33 bits per heavy atom. The van der Waals surface area contributed by atoms with Crippen LogP contribution in [0, 0.1) is 0 Å². The van der Waals surface area contributed by atoms with Gasteiger partial charge in [0.1, 0.15) is 0 Å². The molecule has 0 unspecified atom stereocenters. The van der Waals surface area contributed by atoms with Crippen LogP contribution in [-0.4, -0.2) is 16.9 Å². The van der Waals surface area contributed by atoms with Gasteiger partial charge in [-0.25, -0.2) is 9.17 Å². The normalized spacial score (nSPS) is 17.0. The number of aryl methyl sites for hydroxylation is 1. The van der Waals surface area contributed by atoms with Crippen molar-refractivity contribution in [2.45, 2.75) is 31.7 Å². The van der Waals surface area contributed by atoms with Gasteiger partial charge in [0.25, 0.3) is 0 Å². The lowest BCUT2D eigenvalue weighted by molar-refractivity contribution is 0.235. The van der Waals surface area contributed by atoms with Crippen LogP contribution in [0.3, 0.4) is 0 Å². The quantitative estimate of drug-likeness (QED) is 0.912. The molecule has 4 nitrogen and oxygen atoms in total. The number of rotatable bonds is 4. The van der Waals surface area contributed by atoms with E-state index in [1.54, 1.807) is 6.20 Å². The van der Waals surface area contributed by atoms with Crippen molar-refractivity contribution in [1.82, 2.24) is 15.0 Å². The van der Waals surface area contributed by atoms with Gasteiger partial charge < -0.3 is 10.6 Å². The number of hydrogen-bond acceptors (Lipinski definition) is 3. The van der Waals surface area contributed by atoms with Gasteiger partial charge in [0, 0.05) is 24.0 Å². The summed E-state index contributed by atoms with van der Waals surface area (Å²) in [7, 11) is 0. The van der Waals surface area contributed by atoms with E-state index in [-0.39, 0.29) is 12.1 Å². The standard InChI is InChI=1S/C16H19N3OS/c20-16(17-10-8-13-9-11-18-21-13)19-15-7-3-5-12-4-1-2-6-14(12)15/h1-2,4,6,9,11,15H,3,5,7-8,10H2,(H2,17,19,20)/t15-/m1/s1. The van der Waals surface area contributed by atoms with Gasteiger partial charge in [-0.2, -0.15) is 0 Å². The lowest BCUT2D eigenvalue weighted by Gasteiger charge is -2.26. The SMILES string of the molecule is O=C(NCCc1ccns1)N[C@@H]1CCCc2ccccc21. The minimum atomic E-state index is -0.0822. The van der Waals surface area contributed by atoms with E-state index in [1.165, 1.54) is 27.5 Å². The molecule has 1 aliphatic rings. The first kappa shape index (κ1) is 14.1. The monoisotopic (exact) mass is 301 g/mol. The summed E-state index contributed by atoms with van der Waals surface area (Å²) in [6.07, 6.45) is 5.88. The predicted molar refractivity (Wildman–Crippen MR) is 84.5 cm³/mol. The highest BCUT2D eigenvalue weighted by molar-refractivity contribution is 7.05. The number of carbonyl (C=O) groups is 1. The molecule has 1 aromatic carbocycles. The zero-order chi connectivity index (χ0) is 14.5. The van der Waals surface area contributed by atoms with Crippen molar-refractivity contribution in [2.75, 3.05) is 6.54 Å². The number of amides is 2. The van der Waals surface area contributed by atoms with E-state index in [0.29, 0.717) is 6.54 Å². The Labute approximate surface area is 128 Å². The molecule has 0 radical (unpaired) electrons. The van der Waals surface area contributed by atoms with E-state index >= 15 is 0 Å². The molecule has 2 N–H and O–H groups in total. The van der Waals surface area contributed by atoms with E-state index in [4.69, 9.17) is 0 Å². The molecule has 1 aromatic heterocycles. The molecule has 0 bridgehead atoms. The van der Waals surface area contributed by atoms with Crippen LogP contribution >= 0.6 is 11.5 Å². The summed E-state index contributed by atoms with van der Waals surface area (Å²) in [4.78, 5) is 13.2. The molecule has 0 saturated heterocycles. The van der Waals surface area contributed by atoms with Crippen LogP contribution in [0.5, 0.6) is 0 Å². The minimum Gasteiger partial charge on any atom is -0.338 e. The lowest BCUT2D eigenvalue weighted by Crippen LogP contribution is -2.39. The van der Waals surface area contributed by atoms with Crippen molar-refractivity contribution in [2.24, 2.45) is 0 Å². The van der Waals surface area contributed by atoms with Crippen LogP contribution in [-0.2, 0) is 12.8 Å². The molecule has 1 atom stereocenters. The van der Waals surface area contributed by atoms with Crippen molar-refractivity contribution in [3.63, 3.8) is 0 Å². The summed E-state index contributed by atoms with van der Waals surface area (Å²) in [5.74, 6) is 0. The fourth-order valence-electron chi connectivity index (χ4n) is 2.78. The van der Waals surface area contributed by atoms with Gasteiger partial charge in [0.2, 0.25) is 0 Å². The number of fused-ring (bicyclic) bond motifs is 1. The van der Waals surface area contributed by atoms with Crippen LogP contribution < -0.4 is 10.6 Å². The van der Waals surface area contributed by atoms with Gasteiger partial charge in [-0.15, -0.1) is 0 Å². The smallest absolute Gasteiger partial charge is 0.315 e. The molecular weight excluding hydrogens is 282 g/mol. The van der Waals surface area contributed by atoms with Crippen molar-refractivity contribution < 1.29 is 4.79 Å². The van der Waals surface area contributed by atoms with Crippen molar-refractivity contribution in [1.29, 1.82) is 0 Å². The maximum atomic E-state index is 12.0. The van der Waals surface area contributed by atoms with E-state index < -0.39 is 0 Å². The second-order valence-electron chi connectivity index (χ2n) is 5.27. The van der Waals surface area contributed by atoms with Gasteiger partial charge in [-0.3, -0.25) is 0 Å². The summed E-state index contributed by atoms with van der Waals surface area (Å²) in [5.41, 5.74) is 2.63. The highest BCUT2D eigenvalue weighted by atomic mass is 32.1. The van der Waals surface area contributed by atoms with Gasteiger partial charge in [-0.1, -0.05) is 24.3 Å².